The number of nitrogens with zero attached hydrogens (tertiary/aromatic N) is 3. The first-order valence-electron chi connectivity index (χ1n) is 8.95. The molecular formula is C20H21ClN4O3S. The first kappa shape index (κ1) is 21.0. The molecule has 0 saturated carbocycles. The highest BCUT2D eigenvalue weighted by Crippen LogP contribution is 2.25. The van der Waals surface area contributed by atoms with Crippen molar-refractivity contribution in [2.75, 3.05) is 13.7 Å². The largest absolute Gasteiger partial charge is 0.468 e. The van der Waals surface area contributed by atoms with E-state index in [0.29, 0.717) is 17.2 Å². The van der Waals surface area contributed by atoms with Crippen LogP contribution in [0.3, 0.4) is 0 Å². The van der Waals surface area contributed by atoms with Crippen LogP contribution in [0.4, 0.5) is 0 Å². The third kappa shape index (κ3) is 5.02. The van der Waals surface area contributed by atoms with Gasteiger partial charge in [0.1, 0.15) is 6.54 Å². The number of rotatable bonds is 7. The molecule has 1 aromatic carbocycles. The van der Waals surface area contributed by atoms with E-state index >= 15 is 0 Å². The van der Waals surface area contributed by atoms with Gasteiger partial charge in [-0.05, 0) is 25.5 Å². The number of carbonyl (C=O) groups is 2. The van der Waals surface area contributed by atoms with Crippen LogP contribution in [0.5, 0.6) is 0 Å². The van der Waals surface area contributed by atoms with Crippen molar-refractivity contribution in [1.82, 2.24) is 20.1 Å². The summed E-state index contributed by atoms with van der Waals surface area (Å²) >= 11 is 7.72. The Hall–Kier alpha value is -2.71. The average Bonchev–Trinajstić information content (AvgIpc) is 3.27. The zero-order valence-corrected chi connectivity index (χ0v) is 17.9. The summed E-state index contributed by atoms with van der Waals surface area (Å²) in [5.74, 6) is -0.786. The Bertz CT molecular complexity index is 1040. The third-order valence-electron chi connectivity index (χ3n) is 4.49. The van der Waals surface area contributed by atoms with Gasteiger partial charge in [-0.3, -0.25) is 9.59 Å². The zero-order valence-electron chi connectivity index (χ0n) is 16.4. The molecule has 0 fully saturated rings. The second-order valence-corrected chi connectivity index (χ2v) is 7.72. The number of thiazole rings is 1. The van der Waals surface area contributed by atoms with Crippen molar-refractivity contribution < 1.29 is 14.3 Å². The van der Waals surface area contributed by atoms with Crippen molar-refractivity contribution >= 4 is 34.8 Å². The van der Waals surface area contributed by atoms with Gasteiger partial charge in [0.05, 0.1) is 24.9 Å². The van der Waals surface area contributed by atoms with E-state index in [2.05, 4.69) is 20.1 Å². The van der Waals surface area contributed by atoms with Crippen LogP contribution >= 0.6 is 22.9 Å². The fourth-order valence-electron chi connectivity index (χ4n) is 2.89. The van der Waals surface area contributed by atoms with Crippen LogP contribution in [0.25, 0.3) is 5.13 Å². The predicted octanol–water partition coefficient (Wildman–Crippen LogP) is 3.02. The smallest absolute Gasteiger partial charge is 0.325 e. The van der Waals surface area contributed by atoms with E-state index in [1.165, 1.54) is 18.4 Å². The van der Waals surface area contributed by atoms with Gasteiger partial charge in [0.25, 0.3) is 0 Å². The molecule has 0 aliphatic rings. The summed E-state index contributed by atoms with van der Waals surface area (Å²) in [6.07, 6.45) is 0.769. The fourth-order valence-corrected chi connectivity index (χ4v) is 3.92. The number of methoxy groups -OCH3 is 1. The highest BCUT2D eigenvalue weighted by molar-refractivity contribution is 7.12. The summed E-state index contributed by atoms with van der Waals surface area (Å²) in [5, 5.41) is 10.4. The second kappa shape index (κ2) is 9.19. The zero-order chi connectivity index (χ0) is 21.0. The lowest BCUT2D eigenvalue weighted by molar-refractivity contribution is -0.141. The number of halogens is 1. The molecule has 0 atom stereocenters. The van der Waals surface area contributed by atoms with Crippen molar-refractivity contribution in [3.8, 4) is 5.13 Å². The topological polar surface area (TPSA) is 86.1 Å². The molecule has 1 N–H and O–H groups in total. The van der Waals surface area contributed by atoms with Gasteiger partial charge >= 0.3 is 5.97 Å². The minimum absolute atomic E-state index is 0.0826. The average molecular weight is 433 g/mol. The highest BCUT2D eigenvalue weighted by atomic mass is 35.5. The maximum absolute atomic E-state index is 11.9. The molecule has 0 aliphatic heterocycles. The first-order chi connectivity index (χ1) is 13.9. The van der Waals surface area contributed by atoms with Crippen molar-refractivity contribution in [1.29, 1.82) is 0 Å². The summed E-state index contributed by atoms with van der Waals surface area (Å²) in [4.78, 5) is 27.6. The van der Waals surface area contributed by atoms with Crippen molar-refractivity contribution in [2.45, 2.75) is 26.7 Å². The molecule has 3 aromatic rings. The fraction of sp³-hybridized carbons (Fsp3) is 0.300. The number of amides is 1. The maximum atomic E-state index is 11.9. The maximum Gasteiger partial charge on any atom is 0.325 e. The lowest BCUT2D eigenvalue weighted by Crippen LogP contribution is -2.31. The Balaban J connectivity index is 1.74. The highest BCUT2D eigenvalue weighted by Gasteiger charge is 2.17. The van der Waals surface area contributed by atoms with E-state index in [1.54, 1.807) is 4.68 Å². The first-order valence-corrected chi connectivity index (χ1v) is 10.2. The number of nitrogens with one attached hydrogen (secondary N) is 1. The van der Waals surface area contributed by atoms with E-state index < -0.39 is 5.97 Å². The molecule has 0 spiro atoms. The molecule has 0 saturated heterocycles. The molecule has 3 rings (SSSR count). The Kier molecular flexibility index (Phi) is 6.66. The van der Waals surface area contributed by atoms with Crippen LogP contribution < -0.4 is 5.32 Å². The van der Waals surface area contributed by atoms with E-state index in [1.807, 2.05) is 43.5 Å². The van der Waals surface area contributed by atoms with Crippen molar-refractivity contribution in [3.05, 3.63) is 62.9 Å². The number of carbonyl (C=O) groups excluding carboxylic acids is 2. The van der Waals surface area contributed by atoms with Gasteiger partial charge in [-0.2, -0.15) is 5.10 Å². The second-order valence-electron chi connectivity index (χ2n) is 6.48. The van der Waals surface area contributed by atoms with Gasteiger partial charge < -0.3 is 10.1 Å². The summed E-state index contributed by atoms with van der Waals surface area (Å²) < 4.78 is 6.30. The number of benzene rings is 1. The standard InChI is InChI=1S/C20H21ClN4O3S/c1-12-16(8-14-6-4-5-7-17(14)21)13(2)25(24-12)20-23-15(11-29-20)9-18(26)22-10-19(27)28-3/h4-7,11H,8-10H2,1-3H3,(H,22,26). The molecule has 1 amide bonds. The number of hydrogen-bond acceptors (Lipinski definition) is 6. The Morgan fingerprint density at radius 2 is 2.03 bits per heavy atom. The summed E-state index contributed by atoms with van der Waals surface area (Å²) in [6.45, 7) is 3.80. The van der Waals surface area contributed by atoms with Gasteiger partial charge in [-0.25, -0.2) is 9.67 Å². The summed E-state index contributed by atoms with van der Waals surface area (Å²) in [7, 11) is 1.27. The number of esters is 1. The molecule has 152 valence electrons. The normalized spacial score (nSPS) is 10.8. The molecule has 0 unspecified atom stereocenters. The van der Waals surface area contributed by atoms with Crippen LogP contribution in [-0.2, 0) is 27.2 Å². The minimum Gasteiger partial charge on any atom is -0.468 e. The van der Waals surface area contributed by atoms with Crippen LogP contribution in [0.1, 0.15) is 28.2 Å². The molecule has 7 nitrogen and oxygen atoms in total. The number of aromatic nitrogens is 3. The summed E-state index contributed by atoms with van der Waals surface area (Å²) in [5.41, 5.74) is 4.66. The quantitative estimate of drug-likeness (QED) is 0.580. The Morgan fingerprint density at radius 3 is 2.76 bits per heavy atom. The van der Waals surface area contributed by atoms with Crippen LogP contribution in [0.2, 0.25) is 5.02 Å². The molecule has 2 heterocycles. The van der Waals surface area contributed by atoms with Crippen LogP contribution in [0.15, 0.2) is 29.6 Å². The number of aryl methyl sites for hydroxylation is 1. The third-order valence-corrected chi connectivity index (χ3v) is 5.72. The summed E-state index contributed by atoms with van der Waals surface area (Å²) in [6, 6.07) is 7.76. The van der Waals surface area contributed by atoms with Crippen LogP contribution in [-0.4, -0.2) is 40.3 Å². The molecule has 9 heteroatoms. The molecule has 0 radical (unpaired) electrons. The monoisotopic (exact) mass is 432 g/mol. The van der Waals surface area contributed by atoms with E-state index in [4.69, 9.17) is 11.6 Å². The van der Waals surface area contributed by atoms with Gasteiger partial charge in [0, 0.05) is 28.1 Å². The van der Waals surface area contributed by atoms with Crippen molar-refractivity contribution in [2.24, 2.45) is 0 Å². The number of hydrogen-bond donors (Lipinski definition) is 1. The van der Waals surface area contributed by atoms with E-state index in [9.17, 15) is 9.59 Å². The molecule has 0 bridgehead atoms. The van der Waals surface area contributed by atoms with Gasteiger partial charge in [0.2, 0.25) is 11.0 Å². The lowest BCUT2D eigenvalue weighted by atomic mass is 10.0. The lowest BCUT2D eigenvalue weighted by Gasteiger charge is -2.05. The molecular weight excluding hydrogens is 412 g/mol. The van der Waals surface area contributed by atoms with E-state index in [0.717, 1.165) is 27.5 Å². The Labute approximate surface area is 177 Å². The minimum atomic E-state index is -0.494. The van der Waals surface area contributed by atoms with Gasteiger partial charge in [-0.15, -0.1) is 11.3 Å². The SMILES string of the molecule is COC(=O)CNC(=O)Cc1csc(-n2nc(C)c(Cc3ccccc3Cl)c2C)n1. The van der Waals surface area contributed by atoms with Crippen LogP contribution in [0, 0.1) is 13.8 Å². The van der Waals surface area contributed by atoms with Gasteiger partial charge in [0.15, 0.2) is 0 Å². The molecule has 29 heavy (non-hydrogen) atoms. The predicted molar refractivity (Wildman–Crippen MR) is 112 cm³/mol. The van der Waals surface area contributed by atoms with Crippen molar-refractivity contribution in [3.63, 3.8) is 0 Å². The number of ether oxygens (including phenoxy) is 1. The molecule has 0 aliphatic carbocycles. The Morgan fingerprint density at radius 1 is 1.28 bits per heavy atom. The molecule has 2 aromatic heterocycles. The van der Waals surface area contributed by atoms with Gasteiger partial charge in [-0.1, -0.05) is 29.8 Å². The van der Waals surface area contributed by atoms with E-state index in [-0.39, 0.29) is 18.9 Å².